The summed E-state index contributed by atoms with van der Waals surface area (Å²) in [4.78, 5) is 0. The van der Waals surface area contributed by atoms with Crippen LogP contribution in [0.25, 0.3) is 0 Å². The summed E-state index contributed by atoms with van der Waals surface area (Å²) in [5, 5.41) is 1.40. The van der Waals surface area contributed by atoms with Crippen molar-refractivity contribution in [2.45, 2.75) is 6.92 Å². The highest BCUT2D eigenvalue weighted by molar-refractivity contribution is 6.50. The van der Waals surface area contributed by atoms with E-state index in [1.165, 1.54) is 10.8 Å². The molecule has 0 radical (unpaired) electrons. The fraction of sp³-hybridized carbons (Fsp3) is 0.143. The largest absolute Gasteiger partial charge is 0.465 e. The molecule has 1 nitrogen and oxygen atoms in total. The Morgan fingerprint density at radius 3 is 2.40 bits per heavy atom. The average molecular weight is 168 g/mol. The van der Waals surface area contributed by atoms with E-state index in [9.17, 15) is 0 Å². The van der Waals surface area contributed by atoms with Crippen molar-refractivity contribution in [2.75, 3.05) is 0 Å². The predicted octanol–water partition coefficient (Wildman–Crippen LogP) is -0.999. The topological polar surface area (TPSA) is 9.23 Å². The summed E-state index contributed by atoms with van der Waals surface area (Å²) in [6.07, 6.45) is 0. The molecule has 0 spiro atoms. The first-order valence-corrected chi connectivity index (χ1v) is 5.47. The maximum Gasteiger partial charge on any atom is 0.178 e. The van der Waals surface area contributed by atoms with Gasteiger partial charge in [0.15, 0.2) is 9.76 Å². The molecule has 0 bridgehead atoms. The fourth-order valence-corrected chi connectivity index (χ4v) is 2.61. The normalized spacial score (nSPS) is 11.3. The predicted molar refractivity (Wildman–Crippen MR) is 50.4 cm³/mol. The van der Waals surface area contributed by atoms with Crippen molar-refractivity contribution in [2.24, 2.45) is 0 Å². The van der Waals surface area contributed by atoms with Gasteiger partial charge in [-0.2, -0.15) is 0 Å². The van der Waals surface area contributed by atoms with Crippen LogP contribution in [0.3, 0.4) is 0 Å². The second-order valence-corrected chi connectivity index (χ2v) is 5.83. The maximum atomic E-state index is 5.25. The summed E-state index contributed by atoms with van der Waals surface area (Å²) in [6.45, 7) is 2.10. The summed E-state index contributed by atoms with van der Waals surface area (Å²) >= 11 is 0. The van der Waals surface area contributed by atoms with Gasteiger partial charge < -0.3 is 4.12 Å². The minimum Gasteiger partial charge on any atom is -0.465 e. The number of rotatable bonds is 2. The molecule has 0 amide bonds. The quantitative estimate of drug-likeness (QED) is 0.515. The molecule has 0 aliphatic rings. The third kappa shape index (κ3) is 2.09. The Morgan fingerprint density at radius 1 is 1.30 bits per heavy atom. The maximum absolute atomic E-state index is 5.25. The Kier molecular flexibility index (Phi) is 2.86. The highest BCUT2D eigenvalue weighted by atomic mass is 28.3. The lowest BCUT2D eigenvalue weighted by Crippen LogP contribution is -2.15. The molecule has 1 aromatic rings. The van der Waals surface area contributed by atoms with Crippen molar-refractivity contribution in [1.29, 1.82) is 0 Å². The van der Waals surface area contributed by atoms with Crippen molar-refractivity contribution in [1.82, 2.24) is 0 Å². The van der Waals surface area contributed by atoms with Crippen LogP contribution in [-0.4, -0.2) is 20.2 Å². The van der Waals surface area contributed by atoms with Gasteiger partial charge in [0.05, 0.1) is 0 Å². The molecule has 0 unspecified atom stereocenters. The summed E-state index contributed by atoms with van der Waals surface area (Å²) in [7, 11) is 0.528. The lowest BCUT2D eigenvalue weighted by atomic mass is 10.2. The zero-order valence-electron chi connectivity index (χ0n) is 6.42. The van der Waals surface area contributed by atoms with E-state index in [-0.39, 0.29) is 9.76 Å². The molecule has 0 aliphatic heterocycles. The van der Waals surface area contributed by atoms with E-state index in [4.69, 9.17) is 4.12 Å². The van der Waals surface area contributed by atoms with Gasteiger partial charge in [0.25, 0.3) is 0 Å². The highest BCUT2D eigenvalue weighted by Gasteiger charge is 1.89. The molecular formula is C7H12OSi2. The SMILES string of the molecule is Cc1ccc([SiH2]O[SiH3])cc1. The van der Waals surface area contributed by atoms with Crippen molar-refractivity contribution in [3.8, 4) is 0 Å². The Hall–Kier alpha value is -0.386. The van der Waals surface area contributed by atoms with E-state index in [1.807, 2.05) is 0 Å². The molecule has 10 heavy (non-hydrogen) atoms. The molecule has 0 saturated carbocycles. The van der Waals surface area contributed by atoms with E-state index in [1.54, 1.807) is 0 Å². The van der Waals surface area contributed by atoms with Crippen molar-refractivity contribution in [3.63, 3.8) is 0 Å². The van der Waals surface area contributed by atoms with Gasteiger partial charge in [-0.3, -0.25) is 0 Å². The summed E-state index contributed by atoms with van der Waals surface area (Å²) in [5.41, 5.74) is 1.33. The Labute approximate surface area is 66.9 Å². The van der Waals surface area contributed by atoms with Crippen LogP contribution in [0.5, 0.6) is 0 Å². The number of hydrogen-bond acceptors (Lipinski definition) is 1. The van der Waals surface area contributed by atoms with E-state index in [2.05, 4.69) is 31.2 Å². The van der Waals surface area contributed by atoms with Crippen LogP contribution in [0.15, 0.2) is 24.3 Å². The minimum atomic E-state index is -0.355. The van der Waals surface area contributed by atoms with Crippen LogP contribution < -0.4 is 5.19 Å². The standard InChI is InChI=1S/C7H12OSi2/c1-6-2-4-7(5-3-6)10-8-9/h2-5H,10H2,1,9H3. The van der Waals surface area contributed by atoms with Gasteiger partial charge in [-0.1, -0.05) is 29.8 Å². The first kappa shape index (κ1) is 7.72. The van der Waals surface area contributed by atoms with Gasteiger partial charge in [0, 0.05) is 0 Å². The Balaban J connectivity index is 2.69. The van der Waals surface area contributed by atoms with Crippen LogP contribution in [0.1, 0.15) is 5.56 Å². The van der Waals surface area contributed by atoms with E-state index < -0.39 is 0 Å². The molecule has 0 fully saturated rings. The van der Waals surface area contributed by atoms with Gasteiger partial charge in [0.1, 0.15) is 10.5 Å². The average Bonchev–Trinajstić information content (AvgIpc) is 1.95. The number of hydrogen-bond donors (Lipinski definition) is 0. The first-order chi connectivity index (χ1) is 4.83. The Morgan fingerprint density at radius 2 is 1.90 bits per heavy atom. The molecule has 1 aromatic carbocycles. The van der Waals surface area contributed by atoms with E-state index in [0.29, 0.717) is 0 Å². The van der Waals surface area contributed by atoms with Gasteiger partial charge in [-0.05, 0) is 12.1 Å². The monoisotopic (exact) mass is 168 g/mol. The highest BCUT2D eigenvalue weighted by Crippen LogP contribution is 1.91. The zero-order valence-corrected chi connectivity index (χ0v) is 9.84. The second kappa shape index (κ2) is 3.70. The van der Waals surface area contributed by atoms with Crippen molar-refractivity contribution in [3.05, 3.63) is 29.8 Å². The smallest absolute Gasteiger partial charge is 0.178 e. The fourth-order valence-electron chi connectivity index (χ4n) is 0.851. The number of benzene rings is 1. The van der Waals surface area contributed by atoms with Gasteiger partial charge in [0.2, 0.25) is 0 Å². The van der Waals surface area contributed by atoms with Crippen LogP contribution in [0.4, 0.5) is 0 Å². The van der Waals surface area contributed by atoms with Crippen molar-refractivity contribution < 1.29 is 4.12 Å². The number of aryl methyl sites for hydroxylation is 1. The van der Waals surface area contributed by atoms with Crippen LogP contribution in [0.2, 0.25) is 0 Å². The molecular weight excluding hydrogens is 156 g/mol. The molecule has 0 atom stereocenters. The molecule has 54 valence electrons. The third-order valence-corrected chi connectivity index (χ3v) is 3.39. The summed E-state index contributed by atoms with van der Waals surface area (Å²) in [5.74, 6) is 0. The third-order valence-electron chi connectivity index (χ3n) is 1.43. The Bertz CT molecular complexity index is 195. The van der Waals surface area contributed by atoms with E-state index >= 15 is 0 Å². The molecule has 0 aliphatic carbocycles. The molecule has 0 saturated heterocycles. The van der Waals surface area contributed by atoms with Crippen LogP contribution in [-0.2, 0) is 4.12 Å². The lowest BCUT2D eigenvalue weighted by molar-refractivity contribution is 0.676. The molecule has 0 heterocycles. The molecule has 1 rings (SSSR count). The summed E-state index contributed by atoms with van der Waals surface area (Å²) in [6, 6.07) is 8.62. The first-order valence-electron chi connectivity index (χ1n) is 3.37. The van der Waals surface area contributed by atoms with Gasteiger partial charge >= 0.3 is 0 Å². The molecule has 0 aromatic heterocycles. The summed E-state index contributed by atoms with van der Waals surface area (Å²) < 4.78 is 5.25. The minimum absolute atomic E-state index is 0.355. The van der Waals surface area contributed by atoms with E-state index in [0.717, 1.165) is 10.5 Å². The van der Waals surface area contributed by atoms with Crippen LogP contribution >= 0.6 is 0 Å². The van der Waals surface area contributed by atoms with Crippen molar-refractivity contribution >= 4 is 25.4 Å². The second-order valence-electron chi connectivity index (χ2n) is 2.42. The van der Waals surface area contributed by atoms with Crippen LogP contribution in [0, 0.1) is 6.92 Å². The zero-order chi connectivity index (χ0) is 7.40. The molecule has 3 heteroatoms. The van der Waals surface area contributed by atoms with Gasteiger partial charge in [-0.15, -0.1) is 0 Å². The molecule has 0 N–H and O–H groups in total. The van der Waals surface area contributed by atoms with Gasteiger partial charge in [-0.25, -0.2) is 0 Å². The lowest BCUT2D eigenvalue weighted by Gasteiger charge is -1.97.